The smallest absolute Gasteiger partial charge is 0.387 e. The largest absolute Gasteiger partial charge is 0.434 e. The number of hydrogen-bond acceptors (Lipinski definition) is 5. The molecule has 0 saturated carbocycles. The average molecular weight is 381 g/mol. The first-order chi connectivity index (χ1) is 12.1. The highest BCUT2D eigenvalue weighted by atomic mass is 35.5. The lowest BCUT2D eigenvalue weighted by atomic mass is 10.0. The standard InChI is InChI=1S/C16H11ClF2N4OS/c17-9-3-4-13(24-15(18)19)10(6-9)12-7-11(14-2-1-5-25-14)22-16-20-8-21-23(12)16/h1-8,12,15H,(H,20,21,22). The molecule has 0 radical (unpaired) electrons. The van der Waals surface area contributed by atoms with Crippen LogP contribution in [0.2, 0.25) is 5.02 Å². The summed E-state index contributed by atoms with van der Waals surface area (Å²) in [5.41, 5.74) is 1.30. The lowest BCUT2D eigenvalue weighted by Gasteiger charge is -2.25. The molecule has 4 rings (SSSR count). The van der Waals surface area contributed by atoms with E-state index in [1.807, 2.05) is 23.6 Å². The summed E-state index contributed by atoms with van der Waals surface area (Å²) < 4.78 is 31.8. The topological polar surface area (TPSA) is 52.0 Å². The normalized spacial score (nSPS) is 16.3. The number of nitrogens with one attached hydrogen (secondary N) is 1. The molecule has 2 aromatic heterocycles. The number of nitrogens with zero attached hydrogens (tertiary/aromatic N) is 3. The SMILES string of the molecule is FC(F)Oc1ccc(Cl)cc1C1C=C(c2cccs2)Nc2ncnn21. The van der Waals surface area contributed by atoms with Crippen molar-refractivity contribution in [2.75, 3.05) is 5.32 Å². The summed E-state index contributed by atoms with van der Waals surface area (Å²) in [6, 6.07) is 7.95. The van der Waals surface area contributed by atoms with Gasteiger partial charge in [0.1, 0.15) is 18.1 Å². The molecule has 0 aliphatic carbocycles. The molecule has 0 bridgehead atoms. The predicted molar refractivity (Wildman–Crippen MR) is 92.2 cm³/mol. The molecule has 9 heteroatoms. The summed E-state index contributed by atoms with van der Waals surface area (Å²) in [6.07, 6.45) is 3.29. The van der Waals surface area contributed by atoms with Gasteiger partial charge < -0.3 is 10.1 Å². The van der Waals surface area contributed by atoms with Gasteiger partial charge in [-0.25, -0.2) is 4.68 Å². The van der Waals surface area contributed by atoms with Crippen LogP contribution in [0.4, 0.5) is 14.7 Å². The molecule has 1 unspecified atom stereocenters. The van der Waals surface area contributed by atoms with Crippen LogP contribution < -0.4 is 10.1 Å². The Kier molecular flexibility index (Phi) is 4.14. The Morgan fingerprint density at radius 3 is 2.96 bits per heavy atom. The van der Waals surface area contributed by atoms with Crippen LogP contribution in [0.25, 0.3) is 5.70 Å². The van der Waals surface area contributed by atoms with E-state index >= 15 is 0 Å². The quantitative estimate of drug-likeness (QED) is 0.715. The fraction of sp³-hybridized carbons (Fsp3) is 0.125. The number of fused-ring (bicyclic) bond motifs is 1. The molecular formula is C16H11ClF2N4OS. The number of aromatic nitrogens is 3. The van der Waals surface area contributed by atoms with Gasteiger partial charge in [0.2, 0.25) is 5.95 Å². The Labute approximate surface area is 150 Å². The first kappa shape index (κ1) is 16.0. The maximum absolute atomic E-state index is 12.8. The van der Waals surface area contributed by atoms with Gasteiger partial charge in [-0.15, -0.1) is 11.3 Å². The molecule has 5 nitrogen and oxygen atoms in total. The fourth-order valence-corrected chi connectivity index (χ4v) is 3.57. The zero-order valence-electron chi connectivity index (χ0n) is 12.6. The minimum absolute atomic E-state index is 0.0505. The third-order valence-electron chi connectivity index (χ3n) is 3.70. The fourth-order valence-electron chi connectivity index (χ4n) is 2.68. The Balaban J connectivity index is 1.85. The van der Waals surface area contributed by atoms with E-state index in [0.29, 0.717) is 16.5 Å². The number of ether oxygens (including phenoxy) is 1. The number of rotatable bonds is 4. The third kappa shape index (κ3) is 3.10. The molecule has 0 spiro atoms. The second-order valence-corrected chi connectivity index (χ2v) is 6.60. The van der Waals surface area contributed by atoms with Gasteiger partial charge in [0.25, 0.3) is 0 Å². The first-order valence-electron chi connectivity index (χ1n) is 7.28. The second kappa shape index (κ2) is 6.45. The Bertz CT molecular complexity index is 926. The van der Waals surface area contributed by atoms with Crippen LogP contribution in [0, 0.1) is 0 Å². The van der Waals surface area contributed by atoms with Crippen LogP contribution in [0.15, 0.2) is 48.1 Å². The Morgan fingerprint density at radius 2 is 2.20 bits per heavy atom. The molecule has 1 N–H and O–H groups in total. The van der Waals surface area contributed by atoms with Gasteiger partial charge >= 0.3 is 6.61 Å². The third-order valence-corrected chi connectivity index (χ3v) is 4.84. The summed E-state index contributed by atoms with van der Waals surface area (Å²) in [5.74, 6) is 0.563. The minimum atomic E-state index is -2.93. The molecule has 25 heavy (non-hydrogen) atoms. The van der Waals surface area contributed by atoms with Crippen LogP contribution in [0.5, 0.6) is 5.75 Å². The highest BCUT2D eigenvalue weighted by Gasteiger charge is 2.27. The summed E-state index contributed by atoms with van der Waals surface area (Å²) in [7, 11) is 0. The van der Waals surface area contributed by atoms with Gasteiger partial charge in [-0.2, -0.15) is 18.9 Å². The van der Waals surface area contributed by atoms with Crippen LogP contribution >= 0.6 is 22.9 Å². The maximum Gasteiger partial charge on any atom is 0.387 e. The van der Waals surface area contributed by atoms with Crippen molar-refractivity contribution < 1.29 is 13.5 Å². The van der Waals surface area contributed by atoms with Crippen LogP contribution in [-0.4, -0.2) is 21.4 Å². The van der Waals surface area contributed by atoms with Crippen molar-refractivity contribution in [3.05, 3.63) is 63.6 Å². The summed E-state index contributed by atoms with van der Waals surface area (Å²) in [4.78, 5) is 5.19. The van der Waals surface area contributed by atoms with Crippen molar-refractivity contribution in [3.63, 3.8) is 0 Å². The van der Waals surface area contributed by atoms with Crippen LogP contribution in [0.3, 0.4) is 0 Å². The number of allylic oxidation sites excluding steroid dienone is 1. The van der Waals surface area contributed by atoms with Crippen LogP contribution in [0.1, 0.15) is 16.5 Å². The van der Waals surface area contributed by atoms with Gasteiger partial charge in [0, 0.05) is 10.6 Å². The van der Waals surface area contributed by atoms with Gasteiger partial charge in [-0.3, -0.25) is 0 Å². The molecule has 3 aromatic rings. The molecular weight excluding hydrogens is 370 g/mol. The van der Waals surface area contributed by atoms with E-state index in [1.54, 1.807) is 22.1 Å². The number of thiophene rings is 1. The van der Waals surface area contributed by atoms with E-state index < -0.39 is 12.7 Å². The van der Waals surface area contributed by atoms with E-state index in [2.05, 4.69) is 20.1 Å². The van der Waals surface area contributed by atoms with E-state index in [1.165, 1.54) is 18.5 Å². The molecule has 1 aliphatic rings. The van der Waals surface area contributed by atoms with Crippen LogP contribution in [-0.2, 0) is 0 Å². The predicted octanol–water partition coefficient (Wildman–Crippen LogP) is 4.65. The molecule has 3 heterocycles. The Hall–Kier alpha value is -2.45. The summed E-state index contributed by atoms with van der Waals surface area (Å²) in [5, 5.41) is 9.76. The number of hydrogen-bond donors (Lipinski definition) is 1. The number of alkyl halides is 2. The maximum atomic E-state index is 12.8. The molecule has 0 saturated heterocycles. The molecule has 1 aromatic carbocycles. The van der Waals surface area contributed by atoms with Gasteiger partial charge in [0.15, 0.2) is 0 Å². The lowest BCUT2D eigenvalue weighted by Crippen LogP contribution is -2.21. The zero-order chi connectivity index (χ0) is 17.4. The Morgan fingerprint density at radius 1 is 1.32 bits per heavy atom. The molecule has 1 atom stereocenters. The summed E-state index contributed by atoms with van der Waals surface area (Å²) >= 11 is 7.64. The van der Waals surface area contributed by atoms with Crippen molar-refractivity contribution in [2.24, 2.45) is 0 Å². The average Bonchev–Trinajstić information content (AvgIpc) is 3.26. The first-order valence-corrected chi connectivity index (χ1v) is 8.54. The summed E-state index contributed by atoms with van der Waals surface area (Å²) in [6.45, 7) is -2.93. The van der Waals surface area contributed by atoms with E-state index in [4.69, 9.17) is 11.6 Å². The van der Waals surface area contributed by atoms with Crippen molar-refractivity contribution in [1.82, 2.24) is 14.8 Å². The van der Waals surface area contributed by atoms with Crippen molar-refractivity contribution >= 4 is 34.6 Å². The van der Waals surface area contributed by atoms with E-state index in [0.717, 1.165) is 10.6 Å². The minimum Gasteiger partial charge on any atom is -0.434 e. The van der Waals surface area contributed by atoms with Crippen molar-refractivity contribution in [3.8, 4) is 5.75 Å². The molecule has 0 fully saturated rings. The van der Waals surface area contributed by atoms with E-state index in [9.17, 15) is 8.78 Å². The highest BCUT2D eigenvalue weighted by Crippen LogP contribution is 2.38. The number of benzene rings is 1. The zero-order valence-corrected chi connectivity index (χ0v) is 14.1. The number of halogens is 3. The second-order valence-electron chi connectivity index (χ2n) is 5.22. The molecule has 0 amide bonds. The van der Waals surface area contributed by atoms with Crippen molar-refractivity contribution in [2.45, 2.75) is 12.7 Å². The molecule has 1 aliphatic heterocycles. The van der Waals surface area contributed by atoms with Gasteiger partial charge in [-0.1, -0.05) is 17.7 Å². The molecule has 128 valence electrons. The monoisotopic (exact) mass is 380 g/mol. The van der Waals surface area contributed by atoms with Gasteiger partial charge in [-0.05, 0) is 35.7 Å². The highest BCUT2D eigenvalue weighted by molar-refractivity contribution is 7.11. The van der Waals surface area contributed by atoms with Gasteiger partial charge in [0.05, 0.1) is 10.6 Å². The lowest BCUT2D eigenvalue weighted by molar-refractivity contribution is -0.0506. The van der Waals surface area contributed by atoms with E-state index in [-0.39, 0.29) is 5.75 Å². The van der Waals surface area contributed by atoms with Crippen molar-refractivity contribution in [1.29, 1.82) is 0 Å². The number of anilines is 1.